The van der Waals surface area contributed by atoms with Crippen molar-refractivity contribution in [2.24, 2.45) is 5.92 Å². The van der Waals surface area contributed by atoms with E-state index in [1.165, 1.54) is 0 Å². The van der Waals surface area contributed by atoms with Crippen LogP contribution in [-0.2, 0) is 11.2 Å². The van der Waals surface area contributed by atoms with Crippen molar-refractivity contribution in [3.8, 4) is 0 Å². The highest BCUT2D eigenvalue weighted by Gasteiger charge is 2.08. The van der Waals surface area contributed by atoms with E-state index in [1.807, 2.05) is 13.0 Å². The van der Waals surface area contributed by atoms with E-state index in [0.717, 1.165) is 17.9 Å². The average Bonchev–Trinajstić information content (AvgIpc) is 2.14. The van der Waals surface area contributed by atoms with Crippen molar-refractivity contribution in [1.82, 2.24) is 9.97 Å². The lowest BCUT2D eigenvalue weighted by Gasteiger charge is -2.11. The maximum Gasteiger partial charge on any atom is 0.136 e. The largest absolute Gasteiger partial charge is 0.374 e. The molecule has 1 unspecified atom stereocenters. The van der Waals surface area contributed by atoms with Gasteiger partial charge < -0.3 is 9.72 Å². The first kappa shape index (κ1) is 12.3. The molecule has 0 aromatic carbocycles. The Hall–Kier alpha value is -0.740. The number of methoxy groups -OCH3 is 1. The van der Waals surface area contributed by atoms with Gasteiger partial charge in [0.05, 0.1) is 0 Å². The van der Waals surface area contributed by atoms with Crippen LogP contribution < -0.4 is 0 Å². The summed E-state index contributed by atoms with van der Waals surface area (Å²) >= 11 is 5.12. The molecule has 0 aliphatic heterocycles. The summed E-state index contributed by atoms with van der Waals surface area (Å²) in [6, 6.07) is 1.92. The molecule has 1 rings (SSSR count). The zero-order valence-electron chi connectivity index (χ0n) is 9.70. The van der Waals surface area contributed by atoms with Gasteiger partial charge in [0.15, 0.2) is 0 Å². The predicted molar refractivity (Wildman–Crippen MR) is 63.4 cm³/mol. The van der Waals surface area contributed by atoms with Crippen LogP contribution in [0.1, 0.15) is 38.4 Å². The summed E-state index contributed by atoms with van der Waals surface area (Å²) in [6.45, 7) is 6.31. The Morgan fingerprint density at radius 3 is 2.67 bits per heavy atom. The van der Waals surface area contributed by atoms with Gasteiger partial charge in [-0.25, -0.2) is 4.98 Å². The third-order valence-corrected chi connectivity index (χ3v) is 2.39. The fraction of sp³-hybridized carbons (Fsp3) is 0.636. The molecule has 1 heterocycles. The van der Waals surface area contributed by atoms with E-state index in [2.05, 4.69) is 23.8 Å². The van der Waals surface area contributed by atoms with Crippen LogP contribution in [0.15, 0.2) is 6.07 Å². The van der Waals surface area contributed by atoms with Gasteiger partial charge >= 0.3 is 0 Å². The minimum atomic E-state index is -0.0428. The van der Waals surface area contributed by atoms with Gasteiger partial charge in [-0.15, -0.1) is 0 Å². The number of aromatic nitrogens is 2. The zero-order chi connectivity index (χ0) is 11.4. The van der Waals surface area contributed by atoms with Crippen molar-refractivity contribution < 1.29 is 4.74 Å². The first-order chi connectivity index (χ1) is 7.02. The van der Waals surface area contributed by atoms with Gasteiger partial charge in [0.1, 0.15) is 16.6 Å². The lowest BCUT2D eigenvalue weighted by Crippen LogP contribution is -2.07. The molecule has 1 aromatic heterocycles. The molecule has 0 bridgehead atoms. The van der Waals surface area contributed by atoms with E-state index < -0.39 is 0 Å². The SMILES string of the molecule is COC(C)c1nc(=S)cc(CC(C)C)[nH]1. The molecule has 0 aliphatic carbocycles. The molecule has 1 N–H and O–H groups in total. The number of nitrogens with zero attached hydrogens (tertiary/aromatic N) is 1. The van der Waals surface area contributed by atoms with Crippen molar-refractivity contribution in [1.29, 1.82) is 0 Å². The second kappa shape index (κ2) is 5.37. The summed E-state index contributed by atoms with van der Waals surface area (Å²) in [4.78, 5) is 7.51. The summed E-state index contributed by atoms with van der Waals surface area (Å²) in [7, 11) is 1.67. The maximum atomic E-state index is 5.21. The van der Waals surface area contributed by atoms with Gasteiger partial charge in [-0.3, -0.25) is 0 Å². The average molecular weight is 226 g/mol. The van der Waals surface area contributed by atoms with E-state index in [4.69, 9.17) is 17.0 Å². The van der Waals surface area contributed by atoms with Gasteiger partial charge in [-0.2, -0.15) is 0 Å². The molecule has 3 nitrogen and oxygen atoms in total. The monoisotopic (exact) mass is 226 g/mol. The van der Waals surface area contributed by atoms with Gasteiger partial charge in [-0.1, -0.05) is 26.1 Å². The number of hydrogen-bond acceptors (Lipinski definition) is 3. The van der Waals surface area contributed by atoms with Crippen molar-refractivity contribution in [2.75, 3.05) is 7.11 Å². The van der Waals surface area contributed by atoms with Crippen LogP contribution in [0.2, 0.25) is 0 Å². The first-order valence-electron chi connectivity index (χ1n) is 5.16. The molecule has 0 saturated heterocycles. The number of H-pyrrole nitrogens is 1. The summed E-state index contributed by atoms with van der Waals surface area (Å²) in [5.41, 5.74) is 1.13. The van der Waals surface area contributed by atoms with Crippen LogP contribution in [0, 0.1) is 10.6 Å². The topological polar surface area (TPSA) is 37.9 Å². The van der Waals surface area contributed by atoms with Gasteiger partial charge in [0.2, 0.25) is 0 Å². The third kappa shape index (κ3) is 3.72. The van der Waals surface area contributed by atoms with Crippen LogP contribution in [0.5, 0.6) is 0 Å². The van der Waals surface area contributed by atoms with Crippen LogP contribution >= 0.6 is 12.2 Å². The summed E-state index contributed by atoms with van der Waals surface area (Å²) in [5.74, 6) is 1.41. The normalized spacial score (nSPS) is 13.1. The summed E-state index contributed by atoms with van der Waals surface area (Å²) in [5, 5.41) is 0. The molecule has 1 atom stereocenters. The lowest BCUT2D eigenvalue weighted by atomic mass is 10.1. The van der Waals surface area contributed by atoms with Crippen LogP contribution in [0.3, 0.4) is 0 Å². The first-order valence-corrected chi connectivity index (χ1v) is 5.56. The smallest absolute Gasteiger partial charge is 0.136 e. The Balaban J connectivity index is 3.00. The lowest BCUT2D eigenvalue weighted by molar-refractivity contribution is 0.111. The van der Waals surface area contributed by atoms with Gasteiger partial charge in [0.25, 0.3) is 0 Å². The van der Waals surface area contributed by atoms with E-state index in [9.17, 15) is 0 Å². The van der Waals surface area contributed by atoms with Crippen molar-refractivity contribution in [2.45, 2.75) is 33.3 Å². The molecular weight excluding hydrogens is 208 g/mol. The minimum absolute atomic E-state index is 0.0428. The third-order valence-electron chi connectivity index (χ3n) is 2.18. The molecule has 4 heteroatoms. The highest BCUT2D eigenvalue weighted by atomic mass is 32.1. The summed E-state index contributed by atoms with van der Waals surface area (Å²) in [6.07, 6.45) is 0.939. The molecule has 0 spiro atoms. The van der Waals surface area contributed by atoms with E-state index >= 15 is 0 Å². The molecule has 1 aromatic rings. The number of rotatable bonds is 4. The van der Waals surface area contributed by atoms with Crippen molar-refractivity contribution >= 4 is 12.2 Å². The van der Waals surface area contributed by atoms with Crippen LogP contribution in [-0.4, -0.2) is 17.1 Å². The number of ether oxygens (including phenoxy) is 1. The number of hydrogen-bond donors (Lipinski definition) is 1. The fourth-order valence-corrected chi connectivity index (χ4v) is 1.62. The van der Waals surface area contributed by atoms with Crippen molar-refractivity contribution in [3.05, 3.63) is 22.2 Å². The van der Waals surface area contributed by atoms with Crippen molar-refractivity contribution in [3.63, 3.8) is 0 Å². The minimum Gasteiger partial charge on any atom is -0.374 e. The Labute approximate surface area is 95.9 Å². The van der Waals surface area contributed by atoms with Crippen LogP contribution in [0.4, 0.5) is 0 Å². The number of nitrogens with one attached hydrogen (secondary N) is 1. The Morgan fingerprint density at radius 1 is 1.47 bits per heavy atom. The summed E-state index contributed by atoms with van der Waals surface area (Å²) < 4.78 is 5.84. The molecule has 15 heavy (non-hydrogen) atoms. The molecule has 0 radical (unpaired) electrons. The van der Waals surface area contributed by atoms with E-state index in [-0.39, 0.29) is 6.10 Å². The molecule has 0 amide bonds. The Bertz CT molecular complexity index is 373. The molecule has 84 valence electrons. The maximum absolute atomic E-state index is 5.21. The highest BCUT2D eigenvalue weighted by molar-refractivity contribution is 7.71. The second-order valence-electron chi connectivity index (χ2n) is 4.11. The molecule has 0 fully saturated rings. The van der Waals surface area contributed by atoms with E-state index in [0.29, 0.717) is 10.6 Å². The van der Waals surface area contributed by atoms with Crippen LogP contribution in [0.25, 0.3) is 0 Å². The predicted octanol–water partition coefficient (Wildman–Crippen LogP) is 3.05. The molecular formula is C11H18N2OS. The Kier molecular flexibility index (Phi) is 4.42. The molecule has 0 aliphatic rings. The Morgan fingerprint density at radius 2 is 2.13 bits per heavy atom. The second-order valence-corrected chi connectivity index (χ2v) is 4.52. The quantitative estimate of drug-likeness (QED) is 0.802. The number of aromatic amines is 1. The molecule has 0 saturated carbocycles. The highest BCUT2D eigenvalue weighted by Crippen LogP contribution is 2.13. The van der Waals surface area contributed by atoms with Gasteiger partial charge in [0, 0.05) is 12.8 Å². The standard InChI is InChI=1S/C11H18N2OS/c1-7(2)5-9-6-10(15)13-11(12-9)8(3)14-4/h6-8H,5H2,1-4H3,(H,12,13,15). The van der Waals surface area contributed by atoms with E-state index in [1.54, 1.807) is 7.11 Å². The fourth-order valence-electron chi connectivity index (χ4n) is 1.38. The zero-order valence-corrected chi connectivity index (χ0v) is 10.5. The van der Waals surface area contributed by atoms with Gasteiger partial charge in [-0.05, 0) is 25.3 Å².